The minimum absolute atomic E-state index is 0.202. The van der Waals surface area contributed by atoms with Crippen LogP contribution in [0.3, 0.4) is 0 Å². The second kappa shape index (κ2) is 7.92. The topological polar surface area (TPSA) is 92.5 Å². The molecule has 4 rings (SSSR count). The molecule has 1 aliphatic rings. The van der Waals surface area contributed by atoms with Gasteiger partial charge in [-0.2, -0.15) is 0 Å². The van der Waals surface area contributed by atoms with E-state index in [2.05, 4.69) is 10.3 Å². The summed E-state index contributed by atoms with van der Waals surface area (Å²) in [6.07, 6.45) is 1.59. The molecule has 0 fully saturated rings. The molecule has 0 saturated carbocycles. The maximum atomic E-state index is 12.2. The van der Waals surface area contributed by atoms with Crippen molar-refractivity contribution in [3.8, 4) is 11.5 Å². The highest BCUT2D eigenvalue weighted by Gasteiger charge is 2.32. The molecule has 0 aliphatic carbocycles. The molecule has 3 amide bonds. The number of oxazole rings is 1. The molecule has 146 valence electrons. The molecule has 8 heteroatoms. The molecule has 1 aliphatic heterocycles. The summed E-state index contributed by atoms with van der Waals surface area (Å²) in [6.45, 7) is 0. The molecule has 2 aromatic carbocycles. The SMILES string of the molecule is CN1C(=O)c2ccc(NC(=O)CSCc3coc(-c4ccccc4)n3)cc2C1=O. The number of thioether (sulfide) groups is 1. The predicted molar refractivity (Wildman–Crippen MR) is 110 cm³/mol. The van der Waals surface area contributed by atoms with Crippen molar-refractivity contribution in [2.45, 2.75) is 5.75 Å². The maximum absolute atomic E-state index is 12.2. The Kier molecular flexibility index (Phi) is 5.18. The smallest absolute Gasteiger partial charge is 0.261 e. The molecule has 2 heterocycles. The molecular weight excluding hydrogens is 390 g/mol. The molecule has 7 nitrogen and oxygen atoms in total. The van der Waals surface area contributed by atoms with Gasteiger partial charge in [-0.25, -0.2) is 4.98 Å². The van der Waals surface area contributed by atoms with Crippen molar-refractivity contribution in [3.63, 3.8) is 0 Å². The van der Waals surface area contributed by atoms with Gasteiger partial charge in [0.15, 0.2) is 0 Å². The van der Waals surface area contributed by atoms with Gasteiger partial charge in [0.05, 0.1) is 22.6 Å². The number of rotatable bonds is 6. The van der Waals surface area contributed by atoms with Gasteiger partial charge in [-0.3, -0.25) is 19.3 Å². The number of hydrogen-bond donors (Lipinski definition) is 1. The van der Waals surface area contributed by atoms with Crippen LogP contribution in [0.5, 0.6) is 0 Å². The van der Waals surface area contributed by atoms with Gasteiger partial charge in [0, 0.05) is 24.1 Å². The third kappa shape index (κ3) is 3.93. The highest BCUT2D eigenvalue weighted by atomic mass is 32.2. The van der Waals surface area contributed by atoms with E-state index in [0.29, 0.717) is 28.5 Å². The lowest BCUT2D eigenvalue weighted by Crippen LogP contribution is -2.24. The first kappa shape index (κ1) is 18.9. The Morgan fingerprint density at radius 3 is 2.66 bits per heavy atom. The summed E-state index contributed by atoms with van der Waals surface area (Å²) in [5.74, 6) is 0.403. The summed E-state index contributed by atoms with van der Waals surface area (Å²) in [5.41, 5.74) is 2.80. The van der Waals surface area contributed by atoms with Crippen LogP contribution < -0.4 is 5.32 Å². The summed E-state index contributed by atoms with van der Waals surface area (Å²) in [6, 6.07) is 14.3. The standard InChI is InChI=1S/C21H17N3O4S/c1-24-20(26)16-8-7-14(9-17(16)21(24)27)22-18(25)12-29-11-15-10-28-19(23-15)13-5-3-2-4-6-13/h2-10H,11-12H2,1H3,(H,22,25). The Bertz CT molecular complexity index is 1090. The molecule has 0 radical (unpaired) electrons. The predicted octanol–water partition coefficient (Wildman–Crippen LogP) is 3.44. The first-order valence-corrected chi connectivity index (χ1v) is 10.0. The fourth-order valence-electron chi connectivity index (χ4n) is 2.97. The van der Waals surface area contributed by atoms with Gasteiger partial charge in [-0.05, 0) is 30.3 Å². The van der Waals surface area contributed by atoms with E-state index in [1.165, 1.54) is 24.9 Å². The van der Waals surface area contributed by atoms with Crippen LogP contribution in [-0.2, 0) is 10.5 Å². The van der Waals surface area contributed by atoms with E-state index < -0.39 is 0 Å². The molecular formula is C21H17N3O4S. The minimum atomic E-state index is -0.365. The molecule has 0 saturated heterocycles. The summed E-state index contributed by atoms with van der Waals surface area (Å²) in [7, 11) is 1.44. The Hall–Kier alpha value is -3.39. The first-order valence-electron chi connectivity index (χ1n) is 8.87. The molecule has 0 atom stereocenters. The largest absolute Gasteiger partial charge is 0.444 e. The molecule has 3 aromatic rings. The van der Waals surface area contributed by atoms with Crippen LogP contribution in [0.25, 0.3) is 11.5 Å². The average Bonchev–Trinajstić information content (AvgIpc) is 3.28. The van der Waals surface area contributed by atoms with Gasteiger partial charge in [0.2, 0.25) is 11.8 Å². The van der Waals surface area contributed by atoms with Crippen LogP contribution in [0.2, 0.25) is 0 Å². The van der Waals surface area contributed by atoms with Crippen molar-refractivity contribution in [1.82, 2.24) is 9.88 Å². The van der Waals surface area contributed by atoms with Crippen LogP contribution in [-0.4, -0.2) is 40.4 Å². The van der Waals surface area contributed by atoms with Crippen molar-refractivity contribution in [2.24, 2.45) is 0 Å². The van der Waals surface area contributed by atoms with Crippen LogP contribution >= 0.6 is 11.8 Å². The van der Waals surface area contributed by atoms with Crippen LogP contribution in [0.1, 0.15) is 26.4 Å². The molecule has 0 bridgehead atoms. The average molecular weight is 407 g/mol. The number of fused-ring (bicyclic) bond motifs is 1. The minimum Gasteiger partial charge on any atom is -0.444 e. The lowest BCUT2D eigenvalue weighted by Gasteiger charge is -2.06. The maximum Gasteiger partial charge on any atom is 0.261 e. The fraction of sp³-hybridized carbons (Fsp3) is 0.143. The van der Waals surface area contributed by atoms with Gasteiger partial charge >= 0.3 is 0 Å². The van der Waals surface area contributed by atoms with E-state index in [9.17, 15) is 14.4 Å². The number of imide groups is 1. The van der Waals surface area contributed by atoms with Crippen molar-refractivity contribution in [1.29, 1.82) is 0 Å². The molecule has 1 aromatic heterocycles. The van der Waals surface area contributed by atoms with Crippen molar-refractivity contribution in [3.05, 3.63) is 71.6 Å². The lowest BCUT2D eigenvalue weighted by molar-refractivity contribution is -0.113. The lowest BCUT2D eigenvalue weighted by atomic mass is 10.1. The number of carbonyl (C=O) groups is 3. The molecule has 0 unspecified atom stereocenters. The number of amides is 3. The van der Waals surface area contributed by atoms with Gasteiger partial charge in [0.25, 0.3) is 11.8 Å². The number of nitrogens with zero attached hydrogens (tertiary/aromatic N) is 2. The van der Waals surface area contributed by atoms with E-state index in [1.807, 2.05) is 30.3 Å². The van der Waals surface area contributed by atoms with Crippen molar-refractivity contribution < 1.29 is 18.8 Å². The number of carbonyl (C=O) groups excluding carboxylic acids is 3. The fourth-order valence-corrected chi connectivity index (χ4v) is 3.67. The Morgan fingerprint density at radius 2 is 1.86 bits per heavy atom. The zero-order valence-corrected chi connectivity index (χ0v) is 16.4. The van der Waals surface area contributed by atoms with E-state index in [0.717, 1.165) is 16.2 Å². The first-order chi connectivity index (χ1) is 14.0. The van der Waals surface area contributed by atoms with Crippen LogP contribution in [0.15, 0.2) is 59.2 Å². The zero-order chi connectivity index (χ0) is 20.4. The third-order valence-electron chi connectivity index (χ3n) is 4.43. The highest BCUT2D eigenvalue weighted by Crippen LogP contribution is 2.25. The van der Waals surface area contributed by atoms with Gasteiger partial charge in [-0.15, -0.1) is 11.8 Å². The van der Waals surface area contributed by atoms with Crippen molar-refractivity contribution in [2.75, 3.05) is 18.1 Å². The number of aromatic nitrogens is 1. The van der Waals surface area contributed by atoms with E-state index in [1.54, 1.807) is 18.4 Å². The van der Waals surface area contributed by atoms with Gasteiger partial charge < -0.3 is 9.73 Å². The molecule has 0 spiro atoms. The summed E-state index contributed by atoms with van der Waals surface area (Å²) < 4.78 is 5.49. The Labute approximate surface area is 171 Å². The van der Waals surface area contributed by atoms with Crippen molar-refractivity contribution >= 4 is 35.2 Å². The quantitative estimate of drug-likeness (QED) is 0.630. The second-order valence-corrected chi connectivity index (χ2v) is 7.47. The number of anilines is 1. The molecule has 29 heavy (non-hydrogen) atoms. The van der Waals surface area contributed by atoms with Crippen LogP contribution in [0.4, 0.5) is 5.69 Å². The molecule has 1 N–H and O–H groups in total. The second-order valence-electron chi connectivity index (χ2n) is 6.48. The number of nitrogens with one attached hydrogen (secondary N) is 1. The van der Waals surface area contributed by atoms with Crippen LogP contribution in [0, 0.1) is 0 Å². The summed E-state index contributed by atoms with van der Waals surface area (Å²) in [4.78, 5) is 41.7. The third-order valence-corrected chi connectivity index (χ3v) is 5.40. The number of hydrogen-bond acceptors (Lipinski definition) is 6. The Morgan fingerprint density at radius 1 is 1.10 bits per heavy atom. The number of benzene rings is 2. The summed E-state index contributed by atoms with van der Waals surface area (Å²) >= 11 is 1.41. The summed E-state index contributed by atoms with van der Waals surface area (Å²) in [5, 5.41) is 2.75. The van der Waals surface area contributed by atoms with Gasteiger partial charge in [0.1, 0.15) is 6.26 Å². The zero-order valence-electron chi connectivity index (χ0n) is 15.5. The van der Waals surface area contributed by atoms with E-state index >= 15 is 0 Å². The van der Waals surface area contributed by atoms with E-state index in [4.69, 9.17) is 4.42 Å². The highest BCUT2D eigenvalue weighted by molar-refractivity contribution is 7.99. The normalized spacial score (nSPS) is 12.9. The van der Waals surface area contributed by atoms with Gasteiger partial charge in [-0.1, -0.05) is 18.2 Å². The van der Waals surface area contributed by atoms with E-state index in [-0.39, 0.29) is 23.5 Å². The monoisotopic (exact) mass is 407 g/mol. The Balaban J connectivity index is 1.31.